The smallest absolute Gasteiger partial charge is 0.347 e. The molecule has 0 aliphatic heterocycles. The molecule has 0 aromatic rings. The van der Waals surface area contributed by atoms with E-state index in [1.165, 1.54) is 7.11 Å². The van der Waals surface area contributed by atoms with Crippen molar-refractivity contribution in [1.29, 1.82) is 0 Å². The molecule has 0 aliphatic rings. The predicted octanol–water partition coefficient (Wildman–Crippen LogP) is 0.0443. The summed E-state index contributed by atoms with van der Waals surface area (Å²) in [7, 11) is 2.32. The maximum atomic E-state index is 11.1. The molecule has 86 valence electrons. The van der Waals surface area contributed by atoms with Gasteiger partial charge in [0, 0.05) is 6.42 Å². The van der Waals surface area contributed by atoms with Crippen LogP contribution in [0.4, 0.5) is 0 Å². The van der Waals surface area contributed by atoms with Gasteiger partial charge in [0.1, 0.15) is 0 Å². The van der Waals surface area contributed by atoms with Crippen molar-refractivity contribution in [2.45, 2.75) is 25.9 Å². The van der Waals surface area contributed by atoms with Gasteiger partial charge in [-0.1, -0.05) is 6.92 Å². The number of esters is 3. The average Bonchev–Trinajstić information content (AvgIpc) is 2.26. The van der Waals surface area contributed by atoms with Crippen LogP contribution in [0.15, 0.2) is 0 Å². The summed E-state index contributed by atoms with van der Waals surface area (Å²) in [5.74, 6) is -1.99. The Morgan fingerprint density at radius 2 is 1.67 bits per heavy atom. The number of carbonyl (C=O) groups is 3. The molecule has 0 saturated heterocycles. The van der Waals surface area contributed by atoms with Gasteiger partial charge in [0.15, 0.2) is 0 Å². The standard InChI is InChI=1S/C9H14O6/c1-4-7(10)15-6(9(12)14-3)5-8(11)13-2/h6H,4-5H2,1-3H3/t6-/m1/s1. The van der Waals surface area contributed by atoms with Crippen molar-refractivity contribution in [2.24, 2.45) is 0 Å². The van der Waals surface area contributed by atoms with E-state index in [1.54, 1.807) is 6.92 Å². The van der Waals surface area contributed by atoms with Gasteiger partial charge in [-0.3, -0.25) is 9.59 Å². The Bertz CT molecular complexity index is 229. The Morgan fingerprint density at radius 3 is 2.07 bits per heavy atom. The summed E-state index contributed by atoms with van der Waals surface area (Å²) in [6.45, 7) is 1.58. The third-order valence-electron chi connectivity index (χ3n) is 1.61. The summed E-state index contributed by atoms with van der Waals surface area (Å²) in [4.78, 5) is 32.9. The van der Waals surface area contributed by atoms with Crippen LogP contribution in [0.25, 0.3) is 0 Å². The molecular weight excluding hydrogens is 204 g/mol. The highest BCUT2D eigenvalue weighted by Crippen LogP contribution is 2.04. The van der Waals surface area contributed by atoms with Gasteiger partial charge in [0.05, 0.1) is 20.6 Å². The molecule has 6 heteroatoms. The van der Waals surface area contributed by atoms with Crippen molar-refractivity contribution < 1.29 is 28.6 Å². The molecule has 0 amide bonds. The normalized spacial score (nSPS) is 11.4. The first-order valence-corrected chi connectivity index (χ1v) is 4.39. The molecule has 0 aliphatic carbocycles. The summed E-state index contributed by atoms with van der Waals surface area (Å²) in [5.41, 5.74) is 0. The largest absolute Gasteiger partial charge is 0.469 e. The van der Waals surface area contributed by atoms with Crippen molar-refractivity contribution >= 4 is 17.9 Å². The van der Waals surface area contributed by atoms with Gasteiger partial charge in [0.2, 0.25) is 6.10 Å². The molecule has 0 spiro atoms. The number of hydrogen-bond donors (Lipinski definition) is 0. The van der Waals surface area contributed by atoms with Crippen molar-refractivity contribution in [3.8, 4) is 0 Å². The summed E-state index contributed by atoms with van der Waals surface area (Å²) in [6.07, 6.45) is -1.45. The van der Waals surface area contributed by atoms with E-state index in [2.05, 4.69) is 9.47 Å². The van der Waals surface area contributed by atoms with Crippen molar-refractivity contribution in [1.82, 2.24) is 0 Å². The average molecular weight is 218 g/mol. The van der Waals surface area contributed by atoms with E-state index in [1.807, 2.05) is 0 Å². The molecular formula is C9H14O6. The lowest BCUT2D eigenvalue weighted by Crippen LogP contribution is -2.31. The number of methoxy groups -OCH3 is 2. The first kappa shape index (κ1) is 13.4. The number of rotatable bonds is 5. The molecule has 0 N–H and O–H groups in total. The Kier molecular flexibility index (Phi) is 6.08. The maximum Gasteiger partial charge on any atom is 0.347 e. The second kappa shape index (κ2) is 6.80. The molecule has 0 heterocycles. The molecule has 0 aromatic heterocycles. The highest BCUT2D eigenvalue weighted by molar-refractivity contribution is 5.84. The van der Waals surface area contributed by atoms with E-state index in [9.17, 15) is 14.4 Å². The fourth-order valence-electron chi connectivity index (χ4n) is 0.781. The summed E-state index contributed by atoms with van der Waals surface area (Å²) >= 11 is 0. The lowest BCUT2D eigenvalue weighted by atomic mass is 10.2. The minimum Gasteiger partial charge on any atom is -0.469 e. The third-order valence-corrected chi connectivity index (χ3v) is 1.61. The molecule has 0 aromatic carbocycles. The van der Waals surface area contributed by atoms with Gasteiger partial charge in [0.25, 0.3) is 0 Å². The van der Waals surface area contributed by atoms with Crippen LogP contribution < -0.4 is 0 Å². The van der Waals surface area contributed by atoms with E-state index in [0.29, 0.717) is 0 Å². The van der Waals surface area contributed by atoms with Crippen LogP contribution in [0.3, 0.4) is 0 Å². The highest BCUT2D eigenvalue weighted by atomic mass is 16.6. The quantitative estimate of drug-likeness (QED) is 0.479. The summed E-state index contributed by atoms with van der Waals surface area (Å²) in [5, 5.41) is 0. The van der Waals surface area contributed by atoms with Gasteiger partial charge in [-0.2, -0.15) is 0 Å². The van der Waals surface area contributed by atoms with Gasteiger partial charge in [-0.15, -0.1) is 0 Å². The Hall–Kier alpha value is -1.59. The lowest BCUT2D eigenvalue weighted by molar-refractivity contribution is -0.169. The minimum atomic E-state index is -1.23. The lowest BCUT2D eigenvalue weighted by Gasteiger charge is -2.13. The zero-order chi connectivity index (χ0) is 11.8. The van der Waals surface area contributed by atoms with Gasteiger partial charge < -0.3 is 14.2 Å². The molecule has 15 heavy (non-hydrogen) atoms. The first-order chi connectivity index (χ1) is 7.04. The zero-order valence-electron chi connectivity index (χ0n) is 8.94. The van der Waals surface area contributed by atoms with Crippen molar-refractivity contribution in [2.75, 3.05) is 14.2 Å². The summed E-state index contributed by atoms with van der Waals surface area (Å²) < 4.78 is 13.4. The first-order valence-electron chi connectivity index (χ1n) is 4.39. The fourth-order valence-corrected chi connectivity index (χ4v) is 0.781. The van der Waals surface area contributed by atoms with Crippen LogP contribution in [0.5, 0.6) is 0 Å². The van der Waals surface area contributed by atoms with E-state index in [0.717, 1.165) is 7.11 Å². The highest BCUT2D eigenvalue weighted by Gasteiger charge is 2.26. The van der Waals surface area contributed by atoms with Gasteiger partial charge in [-0.05, 0) is 0 Å². The van der Waals surface area contributed by atoms with E-state index < -0.39 is 24.0 Å². The van der Waals surface area contributed by atoms with Gasteiger partial charge >= 0.3 is 17.9 Å². The monoisotopic (exact) mass is 218 g/mol. The van der Waals surface area contributed by atoms with Crippen LogP contribution in [-0.4, -0.2) is 38.2 Å². The molecule has 0 fully saturated rings. The molecule has 0 rings (SSSR count). The van der Waals surface area contributed by atoms with Crippen molar-refractivity contribution in [3.05, 3.63) is 0 Å². The van der Waals surface area contributed by atoms with Crippen LogP contribution in [0.1, 0.15) is 19.8 Å². The second-order valence-electron chi connectivity index (χ2n) is 2.64. The zero-order valence-corrected chi connectivity index (χ0v) is 8.94. The molecule has 0 radical (unpaired) electrons. The van der Waals surface area contributed by atoms with Gasteiger partial charge in [-0.25, -0.2) is 4.79 Å². The van der Waals surface area contributed by atoms with E-state index in [-0.39, 0.29) is 12.8 Å². The molecule has 0 unspecified atom stereocenters. The Labute approximate surface area is 87.5 Å². The van der Waals surface area contributed by atoms with Crippen LogP contribution in [-0.2, 0) is 28.6 Å². The number of ether oxygens (including phenoxy) is 3. The third kappa shape index (κ3) is 4.99. The van der Waals surface area contributed by atoms with E-state index in [4.69, 9.17) is 4.74 Å². The molecule has 6 nitrogen and oxygen atoms in total. The predicted molar refractivity (Wildman–Crippen MR) is 48.8 cm³/mol. The fraction of sp³-hybridized carbons (Fsp3) is 0.667. The van der Waals surface area contributed by atoms with Crippen molar-refractivity contribution in [3.63, 3.8) is 0 Å². The van der Waals surface area contributed by atoms with Crippen LogP contribution in [0, 0.1) is 0 Å². The maximum absolute atomic E-state index is 11.1. The minimum absolute atomic E-state index is 0.120. The SMILES string of the molecule is CCC(=O)O[C@H](CC(=O)OC)C(=O)OC. The second-order valence-corrected chi connectivity index (χ2v) is 2.64. The molecule has 0 bridgehead atoms. The van der Waals surface area contributed by atoms with E-state index >= 15 is 0 Å². The van der Waals surface area contributed by atoms with Crippen LogP contribution in [0.2, 0.25) is 0 Å². The number of carbonyl (C=O) groups excluding carboxylic acids is 3. The topological polar surface area (TPSA) is 78.9 Å². The Morgan fingerprint density at radius 1 is 1.07 bits per heavy atom. The molecule has 1 atom stereocenters. The summed E-state index contributed by atoms with van der Waals surface area (Å²) in [6, 6.07) is 0. The molecule has 0 saturated carbocycles. The number of hydrogen-bond acceptors (Lipinski definition) is 6. The Balaban J connectivity index is 4.37. The van der Waals surface area contributed by atoms with Crippen LogP contribution >= 0.6 is 0 Å².